The molecule has 5 nitrogen and oxygen atoms in total. The van der Waals surface area contributed by atoms with Gasteiger partial charge in [0.05, 0.1) is 28.1 Å². The Morgan fingerprint density at radius 2 is 1.46 bits per heavy atom. The minimum Gasteiger partial charge on any atom is 0 e. The van der Waals surface area contributed by atoms with Gasteiger partial charge in [-0.25, -0.2) is 4.98 Å². The molecule has 0 aliphatic rings. The van der Waals surface area contributed by atoms with Gasteiger partial charge in [-0.15, -0.1) is 18.2 Å². The molecule has 0 aliphatic carbocycles. The first kappa shape index (κ1) is 37.6. The number of nitrogens with zero attached hydrogens (tertiary/aromatic N) is 4. The molecule has 10 aromatic rings. The van der Waals surface area contributed by atoms with Crippen LogP contribution in [0.4, 0.5) is 0 Å². The zero-order valence-corrected chi connectivity index (χ0v) is 40.6. The summed E-state index contributed by atoms with van der Waals surface area (Å²) < 4.78 is 49.4. The van der Waals surface area contributed by atoms with Crippen LogP contribution in [0.15, 0.2) is 162 Å². The molecule has 315 valence electrons. The number of furan rings is 1. The van der Waals surface area contributed by atoms with Crippen LogP contribution in [0.3, 0.4) is 0 Å². The Balaban J connectivity index is 0.000000202. The molecule has 4 heterocycles. The van der Waals surface area contributed by atoms with E-state index in [4.69, 9.17) is 16.3 Å². The van der Waals surface area contributed by atoms with E-state index in [0.29, 0.717) is 22.5 Å². The maximum absolute atomic E-state index is 8.60. The van der Waals surface area contributed by atoms with Crippen molar-refractivity contribution >= 4 is 50.8 Å². The van der Waals surface area contributed by atoms with Crippen LogP contribution < -0.4 is 4.40 Å². The maximum atomic E-state index is 8.60. The Labute approximate surface area is 394 Å². The largest absolute Gasteiger partial charge is 0 e. The molecule has 0 spiro atoms. The topological polar surface area (TPSA) is 56.7 Å². The molecule has 0 N–H and O–H groups in total. The molecule has 7 heteroatoms. The number of fused-ring (bicyclic) bond motifs is 4. The number of pyridine rings is 2. The Morgan fingerprint density at radius 3 is 2.11 bits per heavy atom. The van der Waals surface area contributed by atoms with Gasteiger partial charge in [0.25, 0.3) is 0 Å². The van der Waals surface area contributed by atoms with Gasteiger partial charge in [0.1, 0.15) is 0 Å². The van der Waals surface area contributed by atoms with Crippen LogP contribution in [-0.4, -0.2) is 32.8 Å². The number of aryl methyl sites for hydroxylation is 2. The van der Waals surface area contributed by atoms with Crippen LogP contribution in [0.2, 0.25) is 17.3 Å². The Morgan fingerprint density at radius 1 is 0.762 bits per heavy atom. The number of hydrogen-bond acceptors (Lipinski definition) is 4. The smallest absolute Gasteiger partial charge is 0 e. The molecule has 10 rings (SSSR count). The fourth-order valence-electron chi connectivity index (χ4n) is 8.00. The molecule has 0 atom stereocenters. The van der Waals surface area contributed by atoms with Gasteiger partial charge < -0.3 is 8.98 Å². The molecule has 1 radical (unpaired) electrons. The summed E-state index contributed by atoms with van der Waals surface area (Å²) in [5.41, 5.74) is 12.8. The monoisotopic (exact) mass is 1070 g/mol. The summed E-state index contributed by atoms with van der Waals surface area (Å²) in [7, 11) is 0. The van der Waals surface area contributed by atoms with E-state index in [0.717, 1.165) is 76.8 Å². The number of imidazole rings is 1. The van der Waals surface area contributed by atoms with Crippen LogP contribution in [-0.2, 0) is 26.5 Å². The van der Waals surface area contributed by atoms with Crippen LogP contribution in [0.25, 0.3) is 83.7 Å². The normalized spacial score (nSPS) is 13.1. The summed E-state index contributed by atoms with van der Waals surface area (Å²) in [4.78, 5) is 14.4. The van der Waals surface area contributed by atoms with Crippen LogP contribution >= 0.6 is 0 Å². The maximum Gasteiger partial charge on any atom is 0 e. The van der Waals surface area contributed by atoms with Crippen molar-refractivity contribution in [2.24, 2.45) is 5.92 Å². The summed E-state index contributed by atoms with van der Waals surface area (Å²) in [5, 5.41) is 1.98. The standard InChI is InChI=1S/C37H24N3O.C19H26GeN.Ir/c1-24-22-23-30-29-18-11-19-31(35(29)41-37(30)38-24)36-39-32-20-8-9-21-33(32)40(36)34-27(25-12-4-2-5-13-25)16-10-17-28(34)26-14-6-3-7-15-26;1-14(2)11-17-12-19(16-9-7-15(3)8-10-16)21-13-18(17)20(4,5)6;/h2-18,20-23H,1H3;7-9,12-14H,11H2,1-6H3;/q2*-1;/i;3D3,11D2;. The van der Waals surface area contributed by atoms with Crippen molar-refractivity contribution in [3.8, 4) is 50.6 Å². The fourth-order valence-corrected chi connectivity index (χ4v) is 10.9. The summed E-state index contributed by atoms with van der Waals surface area (Å²) in [6, 6.07) is 57.0. The Hall–Kier alpha value is -5.92. The van der Waals surface area contributed by atoms with E-state index >= 15 is 0 Å². The van der Waals surface area contributed by atoms with Crippen molar-refractivity contribution in [1.29, 1.82) is 0 Å². The number of hydrogen-bond donors (Lipinski definition) is 0. The van der Waals surface area contributed by atoms with Crippen molar-refractivity contribution in [2.75, 3.05) is 0 Å². The van der Waals surface area contributed by atoms with Gasteiger partial charge in [-0.1, -0.05) is 102 Å². The number of rotatable bonds is 8. The van der Waals surface area contributed by atoms with Gasteiger partial charge in [-0.3, -0.25) is 4.98 Å². The molecular formula is C56H50GeIrN4O-2. The zero-order chi connectivity index (χ0) is 47.3. The molecule has 0 saturated carbocycles. The molecule has 63 heavy (non-hydrogen) atoms. The molecule has 0 amide bonds. The minimum atomic E-state index is -2.32. The minimum absolute atomic E-state index is 0. The van der Waals surface area contributed by atoms with Crippen molar-refractivity contribution < 1.29 is 31.4 Å². The van der Waals surface area contributed by atoms with Gasteiger partial charge in [-0.05, 0) is 42.3 Å². The molecule has 0 bridgehead atoms. The third-order valence-corrected chi connectivity index (χ3v) is 15.1. The summed E-state index contributed by atoms with van der Waals surface area (Å²) >= 11 is -2.32. The van der Waals surface area contributed by atoms with E-state index in [1.165, 1.54) is 6.07 Å². The second-order valence-corrected chi connectivity index (χ2v) is 27.4. The number of aromatic nitrogens is 4. The number of benzene rings is 6. The first-order valence-corrected chi connectivity index (χ1v) is 28.3. The molecule has 0 saturated heterocycles. The van der Waals surface area contributed by atoms with E-state index in [-0.39, 0.29) is 31.6 Å². The first-order chi connectivity index (χ1) is 32.0. The van der Waals surface area contributed by atoms with Crippen LogP contribution in [0, 0.1) is 31.8 Å². The van der Waals surface area contributed by atoms with Gasteiger partial charge in [-0.2, -0.15) is 0 Å². The third-order valence-electron chi connectivity index (χ3n) is 10.9. The molecular weight excluding hydrogens is 1010 g/mol. The first-order valence-electron chi connectivity index (χ1n) is 23.5. The Bertz CT molecular complexity index is 3340. The second-order valence-electron chi connectivity index (χ2n) is 16.9. The molecule has 0 fully saturated rings. The zero-order valence-electron chi connectivity index (χ0n) is 41.1. The predicted octanol–water partition coefficient (Wildman–Crippen LogP) is 14.0. The van der Waals surface area contributed by atoms with Gasteiger partial charge in [0.2, 0.25) is 5.71 Å². The van der Waals surface area contributed by atoms with Gasteiger partial charge >= 0.3 is 139 Å². The predicted molar refractivity (Wildman–Crippen MR) is 261 cm³/mol. The molecule has 6 aromatic carbocycles. The van der Waals surface area contributed by atoms with Crippen LogP contribution in [0.1, 0.15) is 37.5 Å². The van der Waals surface area contributed by atoms with E-state index in [1.54, 1.807) is 12.1 Å². The van der Waals surface area contributed by atoms with Crippen molar-refractivity contribution in [2.45, 2.75) is 51.3 Å². The molecule has 0 unspecified atom stereocenters. The summed E-state index contributed by atoms with van der Waals surface area (Å²) in [6.45, 7) is 3.59. The van der Waals surface area contributed by atoms with Crippen molar-refractivity contribution in [1.82, 2.24) is 19.5 Å². The fraction of sp³-hybridized carbons (Fsp3) is 0.161. The Kier molecular flexibility index (Phi) is 11.0. The molecule has 4 aromatic heterocycles. The van der Waals surface area contributed by atoms with Gasteiger partial charge in [0, 0.05) is 42.3 Å². The van der Waals surface area contributed by atoms with E-state index in [2.05, 4.69) is 147 Å². The van der Waals surface area contributed by atoms with Crippen LogP contribution in [0.5, 0.6) is 0 Å². The summed E-state index contributed by atoms with van der Waals surface area (Å²) in [6.07, 6.45) is 0.362. The second kappa shape index (κ2) is 18.4. The van der Waals surface area contributed by atoms with E-state index in [1.807, 2.05) is 57.3 Å². The number of para-hydroxylation sites is 3. The SMILES string of the molecule is Cc1ccc2c(n1)oc1c(-c3nc4ccccc4n3-c3c(-c4ccccc4)cccc3-c3ccccc3)[c-]ccc12.[2H]C([2H])([2H])c1c[c-]c(-c2cc(C([2H])([2H])C(C)C)[c]([Ge]([CH3])([CH3])[CH3])cn2)cc1.[Ir]. The third kappa shape index (κ3) is 8.99. The van der Waals surface area contributed by atoms with E-state index in [9.17, 15) is 0 Å². The molecule has 0 aliphatic heterocycles. The van der Waals surface area contributed by atoms with E-state index < -0.39 is 26.5 Å². The van der Waals surface area contributed by atoms with Gasteiger partial charge in [0.15, 0.2) is 0 Å². The summed E-state index contributed by atoms with van der Waals surface area (Å²) in [5.74, 6) is 7.30. The quantitative estimate of drug-likeness (QED) is 0.112. The van der Waals surface area contributed by atoms with Crippen molar-refractivity contribution in [3.63, 3.8) is 0 Å². The average molecular weight is 1060 g/mol. The van der Waals surface area contributed by atoms with Crippen molar-refractivity contribution in [3.05, 3.63) is 187 Å². The average Bonchev–Trinajstić information content (AvgIpc) is 3.89.